The van der Waals surface area contributed by atoms with Gasteiger partial charge in [0.25, 0.3) is 0 Å². The summed E-state index contributed by atoms with van der Waals surface area (Å²) in [7, 11) is 1.58. The molecule has 0 unspecified atom stereocenters. The average molecular weight is 304 g/mol. The molecule has 0 radical (unpaired) electrons. The van der Waals surface area contributed by atoms with E-state index >= 15 is 0 Å². The molecule has 0 bridgehead atoms. The maximum atomic E-state index is 8.90. The number of allylic oxidation sites excluding steroid dienone is 1. The van der Waals surface area contributed by atoms with E-state index in [0.29, 0.717) is 18.1 Å². The zero-order valence-electron chi connectivity index (χ0n) is 13.0. The highest BCUT2D eigenvalue weighted by molar-refractivity contribution is 5.67. The highest BCUT2D eigenvalue weighted by Crippen LogP contribution is 2.32. The van der Waals surface area contributed by atoms with E-state index in [0.717, 1.165) is 16.7 Å². The van der Waals surface area contributed by atoms with E-state index in [4.69, 9.17) is 20.0 Å². The molecule has 0 amide bonds. The van der Waals surface area contributed by atoms with Gasteiger partial charge in [0.2, 0.25) is 0 Å². The lowest BCUT2D eigenvalue weighted by molar-refractivity contribution is 0.284. The number of hydrogen-bond donors (Lipinski definition) is 0. The van der Waals surface area contributed by atoms with Gasteiger partial charge in [0, 0.05) is 0 Å². The molecule has 114 valence electrons. The summed E-state index contributed by atoms with van der Waals surface area (Å²) in [5.41, 5.74) is 2.75. The quantitative estimate of drug-likeness (QED) is 0.783. The van der Waals surface area contributed by atoms with Crippen molar-refractivity contribution in [3.05, 3.63) is 64.7 Å². The third-order valence-electron chi connectivity index (χ3n) is 3.33. The van der Waals surface area contributed by atoms with Gasteiger partial charge in [-0.05, 0) is 41.8 Å². The summed E-state index contributed by atoms with van der Waals surface area (Å²) in [4.78, 5) is 0. The molecule has 2 aromatic carbocycles. The Kier molecular flexibility index (Phi) is 5.39. The van der Waals surface area contributed by atoms with E-state index in [-0.39, 0.29) is 5.57 Å². The van der Waals surface area contributed by atoms with Gasteiger partial charge in [-0.2, -0.15) is 10.5 Å². The normalized spacial score (nSPS) is 9.39. The van der Waals surface area contributed by atoms with Crippen LogP contribution in [0.15, 0.2) is 48.0 Å². The third kappa shape index (κ3) is 4.12. The Morgan fingerprint density at radius 1 is 1.09 bits per heavy atom. The van der Waals surface area contributed by atoms with E-state index < -0.39 is 0 Å². The molecule has 0 saturated carbocycles. The van der Waals surface area contributed by atoms with E-state index in [1.165, 1.54) is 0 Å². The zero-order chi connectivity index (χ0) is 16.7. The smallest absolute Gasteiger partial charge is 0.162 e. The van der Waals surface area contributed by atoms with Crippen LogP contribution in [0.25, 0.3) is 6.08 Å². The second kappa shape index (κ2) is 7.68. The predicted octanol–water partition coefficient (Wildman–Crippen LogP) is 4.01. The Balaban J connectivity index is 2.33. The predicted molar refractivity (Wildman–Crippen MR) is 87.7 cm³/mol. The Bertz CT molecular complexity index is 781. The van der Waals surface area contributed by atoms with Crippen molar-refractivity contribution in [3.8, 4) is 23.6 Å². The summed E-state index contributed by atoms with van der Waals surface area (Å²) in [6.07, 6.45) is 1.55. The van der Waals surface area contributed by atoms with E-state index in [1.807, 2.05) is 55.5 Å². The van der Waals surface area contributed by atoms with Crippen LogP contribution in [0, 0.1) is 29.6 Å². The fourth-order valence-electron chi connectivity index (χ4n) is 2.09. The molecule has 0 aliphatic rings. The molecule has 0 fully saturated rings. The average Bonchev–Trinajstić information content (AvgIpc) is 2.60. The van der Waals surface area contributed by atoms with Gasteiger partial charge in [0.15, 0.2) is 11.5 Å². The summed E-state index contributed by atoms with van der Waals surface area (Å²) in [6.45, 7) is 2.30. The monoisotopic (exact) mass is 304 g/mol. The minimum absolute atomic E-state index is 0.0484. The number of ether oxygens (including phenoxy) is 2. The molecule has 0 saturated heterocycles. The van der Waals surface area contributed by atoms with Crippen molar-refractivity contribution in [2.45, 2.75) is 13.5 Å². The van der Waals surface area contributed by atoms with Crippen molar-refractivity contribution in [1.29, 1.82) is 10.5 Å². The molecule has 0 heterocycles. The van der Waals surface area contributed by atoms with Crippen LogP contribution in [0.3, 0.4) is 0 Å². The maximum absolute atomic E-state index is 8.90. The molecule has 2 aromatic rings. The number of aryl methyl sites for hydroxylation is 1. The first-order chi connectivity index (χ1) is 11.2. The molecular weight excluding hydrogens is 288 g/mol. The minimum atomic E-state index is 0.0484. The van der Waals surface area contributed by atoms with Crippen molar-refractivity contribution >= 4 is 6.08 Å². The van der Waals surface area contributed by atoms with Gasteiger partial charge in [-0.15, -0.1) is 0 Å². The summed E-state index contributed by atoms with van der Waals surface area (Å²) >= 11 is 0. The fraction of sp³-hybridized carbons (Fsp3) is 0.158. The molecule has 0 N–H and O–H groups in total. The lowest BCUT2D eigenvalue weighted by Crippen LogP contribution is -1.99. The second-order valence-corrected chi connectivity index (χ2v) is 4.92. The second-order valence-electron chi connectivity index (χ2n) is 4.92. The molecule has 4 heteroatoms. The largest absolute Gasteiger partial charge is 0.493 e. The van der Waals surface area contributed by atoms with E-state index in [9.17, 15) is 0 Å². The number of benzene rings is 2. The summed E-state index contributed by atoms with van der Waals surface area (Å²) in [5.74, 6) is 1.19. The standard InChI is InChI=1S/C19H16N2O2/c1-14-8-18(22-2)19(10-17(14)9-16(11-20)12-21)23-13-15-6-4-3-5-7-15/h3-10H,13H2,1-2H3. The maximum Gasteiger partial charge on any atom is 0.162 e. The summed E-state index contributed by atoms with van der Waals surface area (Å²) in [5, 5.41) is 17.8. The van der Waals surface area contributed by atoms with Gasteiger partial charge >= 0.3 is 0 Å². The Morgan fingerprint density at radius 2 is 1.78 bits per heavy atom. The number of nitriles is 2. The summed E-state index contributed by atoms with van der Waals surface area (Å²) < 4.78 is 11.2. The highest BCUT2D eigenvalue weighted by Gasteiger charge is 2.09. The van der Waals surface area contributed by atoms with Gasteiger partial charge in [-0.1, -0.05) is 30.3 Å². The molecule has 0 spiro atoms. The zero-order valence-corrected chi connectivity index (χ0v) is 13.0. The van der Waals surface area contributed by atoms with Crippen LogP contribution in [0.2, 0.25) is 0 Å². The Labute approximate surface area is 135 Å². The topological polar surface area (TPSA) is 66.0 Å². The van der Waals surface area contributed by atoms with Gasteiger partial charge in [0.05, 0.1) is 7.11 Å². The van der Waals surface area contributed by atoms with Crippen molar-refractivity contribution in [2.24, 2.45) is 0 Å². The van der Waals surface area contributed by atoms with Crippen molar-refractivity contribution in [3.63, 3.8) is 0 Å². The summed E-state index contributed by atoms with van der Waals surface area (Å²) in [6, 6.07) is 17.1. The van der Waals surface area contributed by atoms with Crippen LogP contribution in [0.5, 0.6) is 11.5 Å². The van der Waals surface area contributed by atoms with Crippen LogP contribution < -0.4 is 9.47 Å². The minimum Gasteiger partial charge on any atom is -0.493 e. The Morgan fingerprint density at radius 3 is 2.39 bits per heavy atom. The van der Waals surface area contributed by atoms with Gasteiger partial charge in [-0.25, -0.2) is 0 Å². The number of hydrogen-bond acceptors (Lipinski definition) is 4. The molecule has 4 nitrogen and oxygen atoms in total. The van der Waals surface area contributed by atoms with Crippen molar-refractivity contribution in [2.75, 3.05) is 7.11 Å². The van der Waals surface area contributed by atoms with Crippen LogP contribution in [0.4, 0.5) is 0 Å². The Hall–Kier alpha value is -3.24. The van der Waals surface area contributed by atoms with Crippen LogP contribution in [0.1, 0.15) is 16.7 Å². The van der Waals surface area contributed by atoms with Crippen LogP contribution in [-0.2, 0) is 6.61 Å². The third-order valence-corrected chi connectivity index (χ3v) is 3.33. The molecule has 0 atom stereocenters. The van der Waals surface area contributed by atoms with Crippen LogP contribution >= 0.6 is 0 Å². The van der Waals surface area contributed by atoms with Crippen molar-refractivity contribution < 1.29 is 9.47 Å². The molecule has 23 heavy (non-hydrogen) atoms. The van der Waals surface area contributed by atoms with E-state index in [1.54, 1.807) is 19.3 Å². The SMILES string of the molecule is COc1cc(C)c(C=C(C#N)C#N)cc1OCc1ccccc1. The molecule has 0 aliphatic carbocycles. The van der Waals surface area contributed by atoms with Gasteiger partial charge < -0.3 is 9.47 Å². The van der Waals surface area contributed by atoms with Gasteiger partial charge in [-0.3, -0.25) is 0 Å². The highest BCUT2D eigenvalue weighted by atomic mass is 16.5. The number of nitrogens with zero attached hydrogens (tertiary/aromatic N) is 2. The molecule has 0 aliphatic heterocycles. The molecular formula is C19H16N2O2. The van der Waals surface area contributed by atoms with Gasteiger partial charge in [0.1, 0.15) is 24.3 Å². The lowest BCUT2D eigenvalue weighted by Gasteiger charge is -2.13. The first-order valence-corrected chi connectivity index (χ1v) is 7.05. The first-order valence-electron chi connectivity index (χ1n) is 7.05. The number of rotatable bonds is 5. The number of methoxy groups -OCH3 is 1. The molecule has 2 rings (SSSR count). The van der Waals surface area contributed by atoms with E-state index in [2.05, 4.69) is 0 Å². The fourth-order valence-corrected chi connectivity index (χ4v) is 2.09. The van der Waals surface area contributed by atoms with Crippen molar-refractivity contribution in [1.82, 2.24) is 0 Å². The van der Waals surface area contributed by atoms with Crippen LogP contribution in [-0.4, -0.2) is 7.11 Å². The lowest BCUT2D eigenvalue weighted by atomic mass is 10.1. The molecule has 0 aromatic heterocycles. The first kappa shape index (κ1) is 16.1.